The maximum absolute atomic E-state index is 4.46. The minimum absolute atomic E-state index is 0.374. The van der Waals surface area contributed by atoms with Crippen LogP contribution >= 0.6 is 0 Å². The molecule has 1 atom stereocenters. The third-order valence-corrected chi connectivity index (χ3v) is 4.56. The van der Waals surface area contributed by atoms with Crippen molar-refractivity contribution in [1.29, 1.82) is 0 Å². The van der Waals surface area contributed by atoms with Crippen LogP contribution in [0.4, 0.5) is 0 Å². The van der Waals surface area contributed by atoms with E-state index in [1.807, 2.05) is 11.7 Å². The van der Waals surface area contributed by atoms with E-state index in [9.17, 15) is 0 Å². The first-order valence-corrected chi connectivity index (χ1v) is 7.84. The molecule has 2 rings (SSSR count). The molecule has 0 aromatic carbocycles. The van der Waals surface area contributed by atoms with Crippen molar-refractivity contribution in [2.24, 2.45) is 17.9 Å². The Labute approximate surface area is 124 Å². The first-order valence-electron chi connectivity index (χ1n) is 7.84. The number of hydrogen-bond acceptors (Lipinski definition) is 2. The van der Waals surface area contributed by atoms with Gasteiger partial charge in [-0.05, 0) is 43.9 Å². The Hall–Kier alpha value is -0.830. The van der Waals surface area contributed by atoms with E-state index in [0.29, 0.717) is 22.9 Å². The molecule has 0 saturated heterocycles. The Bertz CT molecular complexity index is 455. The van der Waals surface area contributed by atoms with Gasteiger partial charge in [0.1, 0.15) is 0 Å². The minimum Gasteiger partial charge on any atom is -0.307 e. The van der Waals surface area contributed by atoms with Gasteiger partial charge < -0.3 is 5.32 Å². The highest BCUT2D eigenvalue weighted by Crippen LogP contribution is 2.46. The van der Waals surface area contributed by atoms with Crippen LogP contribution in [0.15, 0.2) is 6.20 Å². The third kappa shape index (κ3) is 3.63. The highest BCUT2D eigenvalue weighted by molar-refractivity contribution is 5.19. The van der Waals surface area contributed by atoms with Crippen molar-refractivity contribution < 1.29 is 0 Å². The van der Waals surface area contributed by atoms with E-state index in [0.717, 1.165) is 5.69 Å². The molecule has 0 spiro atoms. The fourth-order valence-electron chi connectivity index (χ4n) is 4.45. The van der Waals surface area contributed by atoms with Gasteiger partial charge >= 0.3 is 0 Å². The fraction of sp³-hybridized carbons (Fsp3) is 0.824. The highest BCUT2D eigenvalue weighted by Gasteiger charge is 2.38. The van der Waals surface area contributed by atoms with Crippen LogP contribution in [0.25, 0.3) is 0 Å². The van der Waals surface area contributed by atoms with Crippen LogP contribution in [-0.4, -0.2) is 15.8 Å². The molecular weight excluding hydrogens is 246 g/mol. The molecular formula is C17H31N3. The minimum atomic E-state index is 0.374. The van der Waals surface area contributed by atoms with Gasteiger partial charge in [-0.3, -0.25) is 4.68 Å². The van der Waals surface area contributed by atoms with Gasteiger partial charge in [0.15, 0.2) is 0 Å². The Morgan fingerprint density at radius 1 is 1.25 bits per heavy atom. The summed E-state index contributed by atoms with van der Waals surface area (Å²) in [7, 11) is 2.00. The molecule has 1 unspecified atom stereocenters. The predicted octanol–water partition coefficient (Wildman–Crippen LogP) is 3.98. The third-order valence-electron chi connectivity index (χ3n) is 4.56. The van der Waals surface area contributed by atoms with Crippen molar-refractivity contribution in [3.8, 4) is 0 Å². The zero-order valence-electron chi connectivity index (χ0n) is 14.2. The quantitative estimate of drug-likeness (QED) is 0.905. The van der Waals surface area contributed by atoms with E-state index in [1.165, 1.54) is 24.8 Å². The summed E-state index contributed by atoms with van der Waals surface area (Å²) in [4.78, 5) is 0. The van der Waals surface area contributed by atoms with Crippen molar-refractivity contribution in [2.75, 3.05) is 0 Å². The van der Waals surface area contributed by atoms with Gasteiger partial charge in [0.25, 0.3) is 0 Å². The van der Waals surface area contributed by atoms with Crippen LogP contribution in [0.1, 0.15) is 71.2 Å². The van der Waals surface area contributed by atoms with E-state index in [4.69, 9.17) is 0 Å². The lowest BCUT2D eigenvalue weighted by atomic mass is 9.63. The summed E-state index contributed by atoms with van der Waals surface area (Å²) >= 11 is 0. The number of nitrogens with zero attached hydrogens (tertiary/aromatic N) is 2. The standard InChI is InChI=1S/C17H31N3/c1-12(15-10-20(7)19-13(15)2)18-14-8-16(3,4)11-17(5,6)9-14/h10,12,14,18H,8-9,11H2,1-7H3. The van der Waals surface area contributed by atoms with Crippen molar-refractivity contribution in [2.45, 2.75) is 72.9 Å². The molecule has 20 heavy (non-hydrogen) atoms. The summed E-state index contributed by atoms with van der Waals surface area (Å²) in [6.07, 6.45) is 5.99. The lowest BCUT2D eigenvalue weighted by Crippen LogP contribution is -2.44. The maximum atomic E-state index is 4.46. The second-order valence-electron chi connectivity index (χ2n) is 8.34. The lowest BCUT2D eigenvalue weighted by molar-refractivity contribution is 0.0811. The maximum Gasteiger partial charge on any atom is 0.0641 e. The Morgan fingerprint density at radius 2 is 1.80 bits per heavy atom. The molecule has 1 N–H and O–H groups in total. The first kappa shape index (κ1) is 15.6. The molecule has 1 saturated carbocycles. The van der Waals surface area contributed by atoms with Crippen LogP contribution in [-0.2, 0) is 7.05 Å². The van der Waals surface area contributed by atoms with Crippen molar-refractivity contribution >= 4 is 0 Å². The van der Waals surface area contributed by atoms with E-state index < -0.39 is 0 Å². The number of aromatic nitrogens is 2. The summed E-state index contributed by atoms with van der Waals surface area (Å²) in [5, 5.41) is 8.31. The zero-order valence-corrected chi connectivity index (χ0v) is 14.2. The Kier molecular flexibility index (Phi) is 4.03. The monoisotopic (exact) mass is 277 g/mol. The number of rotatable bonds is 3. The van der Waals surface area contributed by atoms with Crippen molar-refractivity contribution in [1.82, 2.24) is 15.1 Å². The molecule has 0 bridgehead atoms. The van der Waals surface area contributed by atoms with Crippen LogP contribution in [0.5, 0.6) is 0 Å². The summed E-state index contributed by atoms with van der Waals surface area (Å²) < 4.78 is 1.91. The topological polar surface area (TPSA) is 29.9 Å². The van der Waals surface area contributed by atoms with Gasteiger partial charge in [0.2, 0.25) is 0 Å². The second kappa shape index (κ2) is 5.18. The van der Waals surface area contributed by atoms with Gasteiger partial charge in [-0.15, -0.1) is 0 Å². The molecule has 0 radical (unpaired) electrons. The van der Waals surface area contributed by atoms with Gasteiger partial charge in [-0.1, -0.05) is 27.7 Å². The predicted molar refractivity (Wildman–Crippen MR) is 84.7 cm³/mol. The zero-order chi connectivity index (χ0) is 15.1. The average Bonchev–Trinajstić information content (AvgIpc) is 2.52. The summed E-state index contributed by atoms with van der Waals surface area (Å²) in [5.74, 6) is 0. The molecule has 1 heterocycles. The first-order chi connectivity index (χ1) is 9.08. The van der Waals surface area contributed by atoms with E-state index in [1.54, 1.807) is 0 Å². The summed E-state index contributed by atoms with van der Waals surface area (Å²) in [6.45, 7) is 14.0. The number of nitrogens with one attached hydrogen (secondary N) is 1. The van der Waals surface area contributed by atoms with Gasteiger partial charge in [-0.2, -0.15) is 5.10 Å². The molecule has 0 amide bonds. The highest BCUT2D eigenvalue weighted by atomic mass is 15.3. The normalized spacial score (nSPS) is 23.8. The van der Waals surface area contributed by atoms with Gasteiger partial charge in [0, 0.05) is 30.9 Å². The molecule has 0 aliphatic heterocycles. The molecule has 3 heteroatoms. The Morgan fingerprint density at radius 3 is 2.25 bits per heavy atom. The fourth-order valence-corrected chi connectivity index (χ4v) is 4.45. The molecule has 1 aromatic heterocycles. The molecule has 3 nitrogen and oxygen atoms in total. The second-order valence-corrected chi connectivity index (χ2v) is 8.34. The van der Waals surface area contributed by atoms with Crippen LogP contribution in [0, 0.1) is 17.8 Å². The number of aryl methyl sites for hydroxylation is 2. The summed E-state index contributed by atoms with van der Waals surface area (Å²) in [5.41, 5.74) is 3.34. The molecule has 1 aliphatic rings. The van der Waals surface area contributed by atoms with E-state index in [-0.39, 0.29) is 0 Å². The largest absolute Gasteiger partial charge is 0.307 e. The lowest BCUT2D eigenvalue weighted by Gasteiger charge is -2.46. The van der Waals surface area contributed by atoms with Crippen molar-refractivity contribution in [3.05, 3.63) is 17.5 Å². The smallest absolute Gasteiger partial charge is 0.0641 e. The SMILES string of the molecule is Cc1nn(C)cc1C(C)NC1CC(C)(C)CC(C)(C)C1. The molecule has 1 aromatic rings. The molecule has 1 aliphatic carbocycles. The van der Waals surface area contributed by atoms with Crippen molar-refractivity contribution in [3.63, 3.8) is 0 Å². The van der Waals surface area contributed by atoms with E-state index in [2.05, 4.69) is 58.2 Å². The van der Waals surface area contributed by atoms with Crippen LogP contribution in [0.3, 0.4) is 0 Å². The van der Waals surface area contributed by atoms with Gasteiger partial charge in [0.05, 0.1) is 5.69 Å². The Balaban J connectivity index is 2.07. The van der Waals surface area contributed by atoms with Crippen LogP contribution < -0.4 is 5.32 Å². The van der Waals surface area contributed by atoms with Gasteiger partial charge in [-0.25, -0.2) is 0 Å². The van der Waals surface area contributed by atoms with Crippen LogP contribution in [0.2, 0.25) is 0 Å². The molecule has 1 fully saturated rings. The summed E-state index contributed by atoms with van der Waals surface area (Å²) in [6, 6.07) is 0.974. The number of hydrogen-bond donors (Lipinski definition) is 1. The average molecular weight is 277 g/mol. The molecule has 114 valence electrons. The van der Waals surface area contributed by atoms with E-state index >= 15 is 0 Å².